The average molecular weight is 332 g/mol. The maximum Gasteiger partial charge on any atom is 0.301 e. The number of hydrogen-bond acceptors (Lipinski definition) is 6. The zero-order chi connectivity index (χ0) is 17.5. The summed E-state index contributed by atoms with van der Waals surface area (Å²) in [5, 5.41) is 25.7. The Labute approximate surface area is 139 Å². The number of benzene rings is 1. The summed E-state index contributed by atoms with van der Waals surface area (Å²) in [6, 6.07) is 3.41. The summed E-state index contributed by atoms with van der Waals surface area (Å²) < 4.78 is 0. The van der Waals surface area contributed by atoms with Gasteiger partial charge in [-0.15, -0.1) is 0 Å². The molecular weight excluding hydrogens is 312 g/mol. The van der Waals surface area contributed by atoms with Crippen LogP contribution in [-0.4, -0.2) is 16.1 Å². The monoisotopic (exact) mass is 332 g/mol. The minimum Gasteiger partial charge on any atom is -0.272 e. The molecule has 8 heteroatoms. The van der Waals surface area contributed by atoms with Crippen LogP contribution in [0.25, 0.3) is 0 Å². The third-order valence-electron chi connectivity index (χ3n) is 3.99. The summed E-state index contributed by atoms with van der Waals surface area (Å²) in [4.78, 5) is 20.4. The van der Waals surface area contributed by atoms with Gasteiger partial charge in [0.1, 0.15) is 5.69 Å². The lowest BCUT2D eigenvalue weighted by Gasteiger charge is -2.18. The Bertz CT molecular complexity index is 679. The number of rotatable bonds is 6. The molecule has 1 aliphatic carbocycles. The summed E-state index contributed by atoms with van der Waals surface area (Å²) in [5.41, 5.74) is 2.99. The van der Waals surface area contributed by atoms with E-state index in [9.17, 15) is 20.2 Å². The fourth-order valence-corrected chi connectivity index (χ4v) is 2.80. The molecular formula is C16H20N4O4. The van der Waals surface area contributed by atoms with Gasteiger partial charge in [0.25, 0.3) is 5.69 Å². The Morgan fingerprint density at radius 1 is 1.21 bits per heavy atom. The van der Waals surface area contributed by atoms with Gasteiger partial charge >= 0.3 is 5.69 Å². The van der Waals surface area contributed by atoms with Crippen LogP contribution < -0.4 is 5.43 Å². The lowest BCUT2D eigenvalue weighted by molar-refractivity contribution is -0.393. The van der Waals surface area contributed by atoms with Gasteiger partial charge in [0.05, 0.1) is 15.9 Å². The van der Waals surface area contributed by atoms with E-state index in [1.807, 2.05) is 6.92 Å². The molecule has 0 aliphatic heterocycles. The highest BCUT2D eigenvalue weighted by atomic mass is 16.6. The quantitative estimate of drug-likeness (QED) is 0.470. The minimum absolute atomic E-state index is 0.118. The zero-order valence-electron chi connectivity index (χ0n) is 13.5. The second kappa shape index (κ2) is 8.19. The number of hydrazone groups is 1. The largest absolute Gasteiger partial charge is 0.301 e. The molecule has 1 saturated carbocycles. The smallest absolute Gasteiger partial charge is 0.272 e. The lowest BCUT2D eigenvalue weighted by Crippen LogP contribution is -2.04. The molecule has 0 spiro atoms. The van der Waals surface area contributed by atoms with Crippen LogP contribution in [0.4, 0.5) is 17.1 Å². The van der Waals surface area contributed by atoms with E-state index in [0.29, 0.717) is 5.92 Å². The number of allylic oxidation sites excluding steroid dienone is 2. The fraction of sp³-hybridized carbons (Fsp3) is 0.438. The highest BCUT2D eigenvalue weighted by Gasteiger charge is 2.19. The SMILES string of the molecule is CC(C=NNc1ccc([N+](=O)[O-])cc1[N+](=O)[O-])=CC1CCCCC1. The van der Waals surface area contributed by atoms with Crippen molar-refractivity contribution in [2.75, 3.05) is 5.43 Å². The third-order valence-corrected chi connectivity index (χ3v) is 3.99. The van der Waals surface area contributed by atoms with Crippen LogP contribution in [0.5, 0.6) is 0 Å². The van der Waals surface area contributed by atoms with E-state index in [0.717, 1.165) is 11.6 Å². The molecule has 1 fully saturated rings. The van der Waals surface area contributed by atoms with Gasteiger partial charge in [0, 0.05) is 12.3 Å². The molecule has 0 radical (unpaired) electrons. The number of nitro groups is 2. The molecule has 0 bridgehead atoms. The number of anilines is 1. The molecule has 0 saturated heterocycles. The number of nitro benzene ring substituents is 2. The van der Waals surface area contributed by atoms with Crippen molar-refractivity contribution in [3.05, 3.63) is 50.1 Å². The van der Waals surface area contributed by atoms with Crippen molar-refractivity contribution >= 4 is 23.3 Å². The minimum atomic E-state index is -0.671. The Hall–Kier alpha value is -2.77. The van der Waals surface area contributed by atoms with Crippen molar-refractivity contribution in [3.8, 4) is 0 Å². The molecule has 8 nitrogen and oxygen atoms in total. The van der Waals surface area contributed by atoms with Crippen molar-refractivity contribution in [3.63, 3.8) is 0 Å². The first-order valence-corrected chi connectivity index (χ1v) is 7.87. The second-order valence-electron chi connectivity index (χ2n) is 5.89. The molecule has 0 heterocycles. The van der Waals surface area contributed by atoms with Crippen molar-refractivity contribution in [2.24, 2.45) is 11.0 Å². The molecule has 2 rings (SSSR count). The first kappa shape index (κ1) is 17.6. The molecule has 0 unspecified atom stereocenters. The van der Waals surface area contributed by atoms with E-state index >= 15 is 0 Å². The normalized spacial score (nSPS) is 16.3. The zero-order valence-corrected chi connectivity index (χ0v) is 13.5. The first-order valence-electron chi connectivity index (χ1n) is 7.87. The molecule has 1 aromatic rings. The van der Waals surface area contributed by atoms with E-state index in [-0.39, 0.29) is 17.1 Å². The van der Waals surface area contributed by atoms with Crippen molar-refractivity contribution in [1.82, 2.24) is 0 Å². The maximum absolute atomic E-state index is 11.0. The van der Waals surface area contributed by atoms with Gasteiger partial charge in [0.15, 0.2) is 0 Å². The van der Waals surface area contributed by atoms with Crippen LogP contribution in [0, 0.1) is 26.1 Å². The van der Waals surface area contributed by atoms with Gasteiger partial charge in [-0.05, 0) is 37.3 Å². The van der Waals surface area contributed by atoms with Gasteiger partial charge in [-0.1, -0.05) is 25.3 Å². The van der Waals surface area contributed by atoms with Crippen molar-refractivity contribution in [1.29, 1.82) is 0 Å². The number of non-ortho nitro benzene ring substituents is 1. The molecule has 0 aromatic heterocycles. The van der Waals surface area contributed by atoms with Crippen LogP contribution in [0.1, 0.15) is 39.0 Å². The van der Waals surface area contributed by atoms with Gasteiger partial charge in [-0.2, -0.15) is 5.10 Å². The van der Waals surface area contributed by atoms with E-state index in [1.165, 1.54) is 44.2 Å². The maximum atomic E-state index is 11.0. The van der Waals surface area contributed by atoms with Crippen molar-refractivity contribution in [2.45, 2.75) is 39.0 Å². The van der Waals surface area contributed by atoms with Gasteiger partial charge < -0.3 is 0 Å². The predicted molar refractivity (Wildman–Crippen MR) is 92.2 cm³/mol. The molecule has 1 aromatic carbocycles. The highest BCUT2D eigenvalue weighted by molar-refractivity contribution is 5.79. The van der Waals surface area contributed by atoms with Gasteiger partial charge in [-0.25, -0.2) is 0 Å². The standard InChI is InChI=1S/C16H20N4O4/c1-12(9-13-5-3-2-4-6-13)11-17-18-15-8-7-14(19(21)22)10-16(15)20(23)24/h7-11,13,18H,2-6H2,1H3. The van der Waals surface area contributed by atoms with Crippen molar-refractivity contribution < 1.29 is 9.85 Å². The highest BCUT2D eigenvalue weighted by Crippen LogP contribution is 2.29. The van der Waals surface area contributed by atoms with E-state index in [2.05, 4.69) is 16.6 Å². The van der Waals surface area contributed by atoms with E-state index < -0.39 is 9.85 Å². The third kappa shape index (κ3) is 4.87. The van der Waals surface area contributed by atoms with Crippen LogP contribution >= 0.6 is 0 Å². The molecule has 128 valence electrons. The Balaban J connectivity index is 2.06. The predicted octanol–water partition coefficient (Wildman–Crippen LogP) is 4.43. The average Bonchev–Trinajstić information content (AvgIpc) is 2.55. The van der Waals surface area contributed by atoms with E-state index in [1.54, 1.807) is 6.21 Å². The second-order valence-corrected chi connectivity index (χ2v) is 5.89. The Kier molecular flexibility index (Phi) is 6.00. The van der Waals surface area contributed by atoms with Gasteiger partial charge in [0.2, 0.25) is 0 Å². The Morgan fingerprint density at radius 2 is 1.92 bits per heavy atom. The number of hydrogen-bond donors (Lipinski definition) is 1. The topological polar surface area (TPSA) is 111 Å². The summed E-state index contributed by atoms with van der Waals surface area (Å²) >= 11 is 0. The number of nitrogens with one attached hydrogen (secondary N) is 1. The molecule has 1 aliphatic rings. The summed E-state index contributed by atoms with van der Waals surface area (Å²) in [7, 11) is 0. The van der Waals surface area contributed by atoms with Crippen LogP contribution in [0.2, 0.25) is 0 Å². The van der Waals surface area contributed by atoms with Crippen LogP contribution in [0.15, 0.2) is 34.9 Å². The molecule has 1 N–H and O–H groups in total. The molecule has 0 atom stereocenters. The van der Waals surface area contributed by atoms with Gasteiger partial charge in [-0.3, -0.25) is 25.7 Å². The first-order chi connectivity index (χ1) is 11.5. The van der Waals surface area contributed by atoms with Crippen LogP contribution in [-0.2, 0) is 0 Å². The Morgan fingerprint density at radius 3 is 2.54 bits per heavy atom. The summed E-state index contributed by atoms with van der Waals surface area (Å²) in [6.07, 6.45) is 9.95. The molecule has 24 heavy (non-hydrogen) atoms. The number of nitrogens with zero attached hydrogens (tertiary/aromatic N) is 3. The lowest BCUT2D eigenvalue weighted by atomic mass is 9.88. The fourth-order valence-electron chi connectivity index (χ4n) is 2.80. The van der Waals surface area contributed by atoms with E-state index in [4.69, 9.17) is 0 Å². The summed E-state index contributed by atoms with van der Waals surface area (Å²) in [6.45, 7) is 1.93. The summed E-state index contributed by atoms with van der Waals surface area (Å²) in [5.74, 6) is 0.568. The van der Waals surface area contributed by atoms with Crippen LogP contribution in [0.3, 0.4) is 0 Å². The molecule has 0 amide bonds.